The number of halogens is 18. The van der Waals surface area contributed by atoms with Crippen LogP contribution in [-0.2, 0) is 15.3 Å². The zero-order valence-electron chi connectivity index (χ0n) is 15.2. The van der Waals surface area contributed by atoms with Crippen molar-refractivity contribution in [1.29, 1.82) is 0 Å². The van der Waals surface area contributed by atoms with Crippen LogP contribution in [0.3, 0.4) is 0 Å². The molecule has 0 saturated heterocycles. The first-order valence-corrected chi connectivity index (χ1v) is 14.6. The number of aliphatic hydroxyl groups is 1. The Morgan fingerprint density at radius 3 is 1.18 bits per heavy atom. The van der Waals surface area contributed by atoms with Gasteiger partial charge in [-0.2, -0.15) is 0 Å². The van der Waals surface area contributed by atoms with E-state index in [4.69, 9.17) is 209 Å². The van der Waals surface area contributed by atoms with Gasteiger partial charge >= 0.3 is 0 Å². The molecule has 198 valence electrons. The molecule has 0 aliphatic rings. The molecule has 0 fully saturated rings. The summed E-state index contributed by atoms with van der Waals surface area (Å²) in [7, 11) is 0. The van der Waals surface area contributed by atoms with Crippen molar-refractivity contribution < 1.29 is 5.11 Å². The second-order valence-electron chi connectivity index (χ2n) is 6.47. The lowest BCUT2D eigenvalue weighted by Gasteiger charge is -2.46. The molecule has 0 bridgehead atoms. The highest BCUT2D eigenvalue weighted by molar-refractivity contribution is 6.81. The summed E-state index contributed by atoms with van der Waals surface area (Å²) in [6.45, 7) is -0.667. The molecule has 0 unspecified atom stereocenters. The molecule has 1 nitrogen and oxygen atoms in total. The molecule has 0 radical (unpaired) electrons. The number of aliphatic hydroxyl groups excluding tert-OH is 1. The summed E-state index contributed by atoms with van der Waals surface area (Å²) in [6, 6.07) is 3.57. The van der Waals surface area contributed by atoms with Crippen molar-refractivity contribution in [2.45, 2.75) is 40.2 Å². The summed E-state index contributed by atoms with van der Waals surface area (Å²) in [4.78, 5) is 0. The average Bonchev–Trinajstić information content (AvgIpc) is 2.64. The van der Waals surface area contributed by atoms with Gasteiger partial charge in [0.1, 0.15) is 0 Å². The second-order valence-corrected chi connectivity index (χ2v) is 19.0. The lowest BCUT2D eigenvalue weighted by atomic mass is 9.95. The van der Waals surface area contributed by atoms with Gasteiger partial charge in [-0.05, 0) is 22.8 Å². The van der Waals surface area contributed by atoms with E-state index in [0.29, 0.717) is 0 Å². The van der Waals surface area contributed by atoms with Crippen LogP contribution in [0.4, 0.5) is 0 Å². The third-order valence-electron chi connectivity index (χ3n) is 4.27. The van der Waals surface area contributed by atoms with E-state index >= 15 is 0 Å². The highest BCUT2D eigenvalue weighted by Gasteiger charge is 2.70. The molecule has 0 amide bonds. The summed E-state index contributed by atoms with van der Waals surface area (Å²) < 4.78 is -20.5. The summed E-state index contributed by atoms with van der Waals surface area (Å²) >= 11 is 111. The fourth-order valence-corrected chi connectivity index (χ4v) is 6.83. The summed E-state index contributed by atoms with van der Waals surface area (Å²) in [6.07, 6.45) is 0. The van der Waals surface area contributed by atoms with Crippen molar-refractivity contribution in [3.05, 3.63) is 34.9 Å². The van der Waals surface area contributed by atoms with Crippen molar-refractivity contribution in [2.75, 3.05) is 0 Å². The molecule has 19 heteroatoms. The maximum atomic E-state index is 9.84. The Labute approximate surface area is 285 Å². The Balaban J connectivity index is 3.88. The summed E-state index contributed by atoms with van der Waals surface area (Å²) in [5.41, 5.74) is -0.429. The van der Waals surface area contributed by atoms with Crippen molar-refractivity contribution in [2.24, 2.45) is 0 Å². The van der Waals surface area contributed by atoms with Gasteiger partial charge in [0.05, 0.1) is 6.61 Å². The molecule has 0 aliphatic carbocycles. The van der Waals surface area contributed by atoms with Gasteiger partial charge in [0.2, 0.25) is 16.3 Å². The lowest BCUT2D eigenvalue weighted by molar-refractivity contribution is 0.279. The van der Waals surface area contributed by atoms with Crippen molar-refractivity contribution in [3.8, 4) is 0 Å². The molecular weight excluding hydrogens is 834 g/mol. The van der Waals surface area contributed by atoms with Crippen molar-refractivity contribution >= 4 is 209 Å². The molecule has 1 N–H and O–H groups in total. The first-order chi connectivity index (χ1) is 14.7. The Morgan fingerprint density at radius 2 is 0.853 bits per heavy atom. The van der Waals surface area contributed by atoms with Crippen LogP contribution >= 0.6 is 209 Å². The highest BCUT2D eigenvalue weighted by Crippen LogP contribution is 2.67. The zero-order chi connectivity index (χ0) is 27.6. The molecule has 34 heavy (non-hydrogen) atoms. The largest absolute Gasteiger partial charge is 0.392 e. The molecular formula is C15H6Cl18O. The van der Waals surface area contributed by atoms with Crippen LogP contribution in [0.2, 0.25) is 0 Å². The van der Waals surface area contributed by atoms with Gasteiger partial charge < -0.3 is 5.11 Å². The van der Waals surface area contributed by atoms with E-state index in [0.717, 1.165) is 6.07 Å². The van der Waals surface area contributed by atoms with Crippen LogP contribution in [-0.4, -0.2) is 30.0 Å². The SMILES string of the molecule is OCc1ccc(C(Cl)(Cl)C(Cl)(Cl)C(Cl)(Cl)C(Cl)(Cl)Cl)cc1C(Cl)(Cl)C(Cl)(Cl)C(Cl)(Cl)C(Cl)(Cl)Cl. The monoisotopic (exact) mass is 831 g/mol. The molecule has 0 saturated carbocycles. The van der Waals surface area contributed by atoms with Crippen LogP contribution in [0.25, 0.3) is 0 Å². The Kier molecular flexibility index (Phi) is 12.4. The van der Waals surface area contributed by atoms with Crippen LogP contribution in [0, 0.1) is 0 Å². The Bertz CT molecular complexity index is 894. The smallest absolute Gasteiger partial charge is 0.226 e. The Hall–Kier alpha value is 4.40. The van der Waals surface area contributed by atoms with Crippen molar-refractivity contribution in [3.63, 3.8) is 0 Å². The zero-order valence-corrected chi connectivity index (χ0v) is 28.8. The predicted octanol–water partition coefficient (Wildman–Crippen LogP) is 11.9. The standard InChI is InChI=1S/C15H6Cl18O/c16-8(17,10(20,21)12(24,25)14(28,29)30)6-2-1-5(4-34)7(3-6)9(18,19)11(22,23)13(26,27)15(31,32)33/h1-3,34H,4H2. The van der Waals surface area contributed by atoms with E-state index < -0.39 is 40.2 Å². The topological polar surface area (TPSA) is 20.2 Å². The van der Waals surface area contributed by atoms with Gasteiger partial charge in [-0.1, -0.05) is 221 Å². The fourth-order valence-electron chi connectivity index (χ4n) is 2.30. The third kappa shape index (κ3) is 6.25. The van der Waals surface area contributed by atoms with Crippen LogP contribution in [0.15, 0.2) is 18.2 Å². The van der Waals surface area contributed by atoms with Crippen LogP contribution in [0.1, 0.15) is 16.7 Å². The minimum Gasteiger partial charge on any atom is -0.392 e. The van der Waals surface area contributed by atoms with E-state index in [2.05, 4.69) is 0 Å². The van der Waals surface area contributed by atoms with E-state index in [9.17, 15) is 5.11 Å². The van der Waals surface area contributed by atoms with E-state index in [-0.39, 0.29) is 16.7 Å². The number of rotatable bonds is 7. The maximum Gasteiger partial charge on any atom is 0.226 e. The van der Waals surface area contributed by atoms with Crippen LogP contribution < -0.4 is 0 Å². The van der Waals surface area contributed by atoms with Gasteiger partial charge in [-0.3, -0.25) is 0 Å². The maximum absolute atomic E-state index is 9.84. The molecule has 0 atom stereocenters. The first kappa shape index (κ1) is 36.4. The molecule has 0 aliphatic heterocycles. The van der Waals surface area contributed by atoms with E-state index in [1.165, 1.54) is 12.1 Å². The van der Waals surface area contributed by atoms with Gasteiger partial charge in [0.25, 0.3) is 0 Å². The van der Waals surface area contributed by atoms with Gasteiger partial charge in [-0.15, -0.1) is 0 Å². The molecule has 0 heterocycles. The Morgan fingerprint density at radius 1 is 0.500 bits per heavy atom. The molecule has 1 aromatic rings. The van der Waals surface area contributed by atoms with Crippen molar-refractivity contribution in [1.82, 2.24) is 0 Å². The first-order valence-electron chi connectivity index (χ1n) is 7.81. The normalized spacial score (nSPS) is 15.6. The minimum absolute atomic E-state index is 0.0242. The van der Waals surface area contributed by atoms with Gasteiger partial charge in [-0.25, -0.2) is 0 Å². The fraction of sp³-hybridized carbons (Fsp3) is 0.600. The molecule has 1 rings (SSSR count). The predicted molar refractivity (Wildman–Crippen MR) is 157 cm³/mol. The highest BCUT2D eigenvalue weighted by atomic mass is 35.6. The van der Waals surface area contributed by atoms with E-state index in [1.807, 2.05) is 0 Å². The lowest BCUT2D eigenvalue weighted by Crippen LogP contribution is -2.55. The molecule has 1 aromatic carbocycles. The quantitative estimate of drug-likeness (QED) is 0.271. The van der Waals surface area contributed by atoms with E-state index in [1.54, 1.807) is 0 Å². The molecule has 0 aromatic heterocycles. The second kappa shape index (κ2) is 11.6. The number of alkyl halides is 18. The minimum atomic E-state index is -2.68. The van der Waals surface area contributed by atoms with Crippen LogP contribution in [0.5, 0.6) is 0 Å². The summed E-state index contributed by atoms with van der Waals surface area (Å²) in [5, 5.41) is 9.84. The number of hydrogen-bond donors (Lipinski definition) is 1. The molecule has 0 spiro atoms. The third-order valence-corrected chi connectivity index (χ3v) is 15.2. The summed E-state index contributed by atoms with van der Waals surface area (Å²) in [5.74, 6) is 0. The number of hydrogen-bond acceptors (Lipinski definition) is 1. The van der Waals surface area contributed by atoms with Gasteiger partial charge in [0.15, 0.2) is 17.3 Å². The average molecular weight is 840 g/mol. The van der Waals surface area contributed by atoms with Gasteiger partial charge in [0, 0.05) is 0 Å². The number of benzene rings is 1.